The van der Waals surface area contributed by atoms with Crippen molar-refractivity contribution < 1.29 is 14.3 Å². The smallest absolute Gasteiger partial charge is 0.276 e. The maximum Gasteiger partial charge on any atom is 0.276 e. The van der Waals surface area contributed by atoms with Gasteiger partial charge in [-0.05, 0) is 35.8 Å². The third kappa shape index (κ3) is 6.53. The fourth-order valence-corrected chi connectivity index (χ4v) is 1.67. The monoisotopic (exact) mass is 323 g/mol. The van der Waals surface area contributed by atoms with E-state index < -0.39 is 5.91 Å². The lowest BCUT2D eigenvalue weighted by molar-refractivity contribution is -0.124. The van der Waals surface area contributed by atoms with Crippen LogP contribution in [0.1, 0.15) is 38.7 Å². The number of amides is 2. The van der Waals surface area contributed by atoms with Crippen molar-refractivity contribution in [3.63, 3.8) is 0 Å². The van der Waals surface area contributed by atoms with Gasteiger partial charge < -0.3 is 10.1 Å². The van der Waals surface area contributed by atoms with E-state index in [-0.39, 0.29) is 17.6 Å². The Hall–Kier alpha value is -2.15. The van der Waals surface area contributed by atoms with Crippen molar-refractivity contribution >= 4 is 29.1 Å². The number of rotatable bonds is 5. The predicted molar refractivity (Wildman–Crippen MR) is 88.3 cm³/mol. The average molecular weight is 323 g/mol. The van der Waals surface area contributed by atoms with Crippen LogP contribution in [0.5, 0.6) is 5.75 Å². The van der Waals surface area contributed by atoms with Crippen LogP contribution in [0.2, 0.25) is 0 Å². The van der Waals surface area contributed by atoms with Crippen molar-refractivity contribution in [1.29, 1.82) is 0 Å². The first-order valence-corrected chi connectivity index (χ1v) is 7.44. The first-order valence-electron chi connectivity index (χ1n) is 7.03. The molecule has 22 heavy (non-hydrogen) atoms. The van der Waals surface area contributed by atoms with Gasteiger partial charge >= 0.3 is 0 Å². The molecule has 0 spiro atoms. The minimum absolute atomic E-state index is 0.0430. The van der Waals surface area contributed by atoms with E-state index in [0.717, 1.165) is 0 Å². The quantitative estimate of drug-likeness (QED) is 0.567. The van der Waals surface area contributed by atoms with Gasteiger partial charge in [-0.15, -0.1) is 0 Å². The molecule has 0 aliphatic heterocycles. The third-order valence-corrected chi connectivity index (χ3v) is 3.01. The minimum atomic E-state index is -0.402. The van der Waals surface area contributed by atoms with Crippen LogP contribution in [-0.4, -0.2) is 23.5 Å². The summed E-state index contributed by atoms with van der Waals surface area (Å²) in [4.78, 5) is 22.7. The van der Waals surface area contributed by atoms with Crippen LogP contribution in [0, 0.1) is 0 Å². The first kappa shape index (κ1) is 17.9. The van der Waals surface area contributed by atoms with Crippen molar-refractivity contribution in [1.82, 2.24) is 16.2 Å². The summed E-state index contributed by atoms with van der Waals surface area (Å²) in [6, 6.07) is 7.57. The molecule has 0 aliphatic rings. The number of thiocarbonyl (C=S) groups is 1. The molecule has 0 fully saturated rings. The van der Waals surface area contributed by atoms with E-state index in [1.165, 1.54) is 5.56 Å². The Morgan fingerprint density at radius 2 is 1.77 bits per heavy atom. The van der Waals surface area contributed by atoms with Crippen LogP contribution in [0.15, 0.2) is 24.3 Å². The summed E-state index contributed by atoms with van der Waals surface area (Å²) < 4.78 is 5.35. The lowest BCUT2D eigenvalue weighted by atomic mass is 10.0. The van der Waals surface area contributed by atoms with Gasteiger partial charge in [-0.1, -0.05) is 32.9 Å². The van der Waals surface area contributed by atoms with Gasteiger partial charge in [0.25, 0.3) is 5.91 Å². The highest BCUT2D eigenvalue weighted by Crippen LogP contribution is 2.18. The maximum atomic E-state index is 11.6. The second-order valence-electron chi connectivity index (χ2n) is 4.92. The van der Waals surface area contributed by atoms with Crippen LogP contribution in [-0.2, 0) is 9.59 Å². The van der Waals surface area contributed by atoms with Crippen LogP contribution >= 0.6 is 12.2 Å². The zero-order chi connectivity index (χ0) is 16.5. The number of hydrogen-bond donors (Lipinski definition) is 3. The molecule has 0 saturated heterocycles. The largest absolute Gasteiger partial charge is 0.484 e. The Kier molecular flexibility index (Phi) is 7.31. The molecule has 7 heteroatoms. The van der Waals surface area contributed by atoms with E-state index in [0.29, 0.717) is 18.1 Å². The van der Waals surface area contributed by atoms with E-state index in [2.05, 4.69) is 30.0 Å². The molecule has 0 aliphatic carbocycles. The topological polar surface area (TPSA) is 79.5 Å². The summed E-state index contributed by atoms with van der Waals surface area (Å²) in [5.41, 5.74) is 5.97. The number of hydrazine groups is 1. The van der Waals surface area contributed by atoms with Crippen LogP contribution in [0.3, 0.4) is 0 Å². The van der Waals surface area contributed by atoms with Crippen molar-refractivity contribution in [3.05, 3.63) is 29.8 Å². The van der Waals surface area contributed by atoms with Crippen LogP contribution < -0.4 is 20.9 Å². The van der Waals surface area contributed by atoms with E-state index >= 15 is 0 Å². The fraction of sp³-hybridized carbons (Fsp3) is 0.400. The Balaban J connectivity index is 2.31. The van der Waals surface area contributed by atoms with Crippen LogP contribution in [0.4, 0.5) is 0 Å². The van der Waals surface area contributed by atoms with Crippen molar-refractivity contribution in [3.8, 4) is 5.75 Å². The number of nitrogens with one attached hydrogen (secondary N) is 3. The molecule has 0 saturated carbocycles. The van der Waals surface area contributed by atoms with Gasteiger partial charge in [0.05, 0.1) is 0 Å². The molecule has 0 heterocycles. The molecule has 1 aromatic rings. The summed E-state index contributed by atoms with van der Waals surface area (Å²) in [6.45, 7) is 5.76. The summed E-state index contributed by atoms with van der Waals surface area (Å²) in [5, 5.41) is 2.44. The normalized spacial score (nSPS) is 10.0. The summed E-state index contributed by atoms with van der Waals surface area (Å²) >= 11 is 4.83. The van der Waals surface area contributed by atoms with Gasteiger partial charge in [0.2, 0.25) is 5.91 Å². The molecule has 1 aromatic carbocycles. The Labute approximate surface area is 135 Å². The molecule has 0 bridgehead atoms. The highest BCUT2D eigenvalue weighted by Gasteiger charge is 2.06. The molecular weight excluding hydrogens is 302 g/mol. The standard InChI is InChI=1S/C15H21N3O3S/c1-4-13(19)16-15(22)18-17-14(20)9-21-12-7-5-11(6-8-12)10(2)3/h5-8,10H,4,9H2,1-3H3,(H,17,20)(H2,16,18,19,22). The van der Waals surface area contributed by atoms with Crippen molar-refractivity contribution in [2.45, 2.75) is 33.1 Å². The van der Waals surface area contributed by atoms with E-state index in [1.54, 1.807) is 6.92 Å². The number of ether oxygens (including phenoxy) is 1. The van der Waals surface area contributed by atoms with Gasteiger partial charge in [0.1, 0.15) is 5.75 Å². The van der Waals surface area contributed by atoms with Crippen molar-refractivity contribution in [2.75, 3.05) is 6.61 Å². The Bertz CT molecular complexity index is 529. The molecule has 6 nitrogen and oxygen atoms in total. The van der Waals surface area contributed by atoms with E-state index in [4.69, 9.17) is 17.0 Å². The highest BCUT2D eigenvalue weighted by atomic mass is 32.1. The third-order valence-electron chi connectivity index (χ3n) is 2.81. The Morgan fingerprint density at radius 3 is 2.32 bits per heavy atom. The van der Waals surface area contributed by atoms with Gasteiger partial charge in [-0.2, -0.15) is 0 Å². The second-order valence-corrected chi connectivity index (χ2v) is 5.32. The fourth-order valence-electron chi connectivity index (χ4n) is 1.51. The summed E-state index contributed by atoms with van der Waals surface area (Å²) in [7, 11) is 0. The maximum absolute atomic E-state index is 11.6. The molecule has 0 atom stereocenters. The predicted octanol–water partition coefficient (Wildman–Crippen LogP) is 1.62. The lowest BCUT2D eigenvalue weighted by Crippen LogP contribution is -2.49. The SMILES string of the molecule is CCC(=O)NC(=S)NNC(=O)COc1ccc(C(C)C)cc1. The van der Waals surface area contributed by atoms with Crippen molar-refractivity contribution in [2.24, 2.45) is 0 Å². The van der Waals surface area contributed by atoms with E-state index in [1.807, 2.05) is 24.3 Å². The molecule has 3 N–H and O–H groups in total. The Morgan fingerprint density at radius 1 is 1.14 bits per heavy atom. The lowest BCUT2D eigenvalue weighted by Gasteiger charge is -2.11. The number of carbonyl (C=O) groups is 2. The van der Waals surface area contributed by atoms with Gasteiger partial charge in [0, 0.05) is 6.42 Å². The zero-order valence-corrected chi connectivity index (χ0v) is 13.8. The number of benzene rings is 1. The van der Waals surface area contributed by atoms with Gasteiger partial charge in [0.15, 0.2) is 11.7 Å². The summed E-state index contributed by atoms with van der Waals surface area (Å²) in [5.74, 6) is 0.427. The molecule has 0 unspecified atom stereocenters. The number of carbonyl (C=O) groups excluding carboxylic acids is 2. The number of hydrogen-bond acceptors (Lipinski definition) is 4. The highest BCUT2D eigenvalue weighted by molar-refractivity contribution is 7.80. The molecule has 0 radical (unpaired) electrons. The molecule has 0 aromatic heterocycles. The van der Waals surface area contributed by atoms with E-state index in [9.17, 15) is 9.59 Å². The zero-order valence-electron chi connectivity index (χ0n) is 12.9. The minimum Gasteiger partial charge on any atom is -0.484 e. The second kappa shape index (κ2) is 8.99. The molecule has 1 rings (SSSR count). The summed E-state index contributed by atoms with van der Waals surface area (Å²) in [6.07, 6.45) is 0.311. The molecule has 2 amide bonds. The van der Waals surface area contributed by atoms with Gasteiger partial charge in [-0.3, -0.25) is 20.4 Å². The molecule has 120 valence electrons. The molecular formula is C15H21N3O3S. The first-order chi connectivity index (χ1) is 10.4. The van der Waals surface area contributed by atoms with Gasteiger partial charge in [-0.25, -0.2) is 0 Å². The van der Waals surface area contributed by atoms with Crippen LogP contribution in [0.25, 0.3) is 0 Å². The average Bonchev–Trinajstić information content (AvgIpc) is 2.51.